The predicted octanol–water partition coefficient (Wildman–Crippen LogP) is 2.29. The van der Waals surface area contributed by atoms with E-state index in [-0.39, 0.29) is 0 Å². The lowest BCUT2D eigenvalue weighted by Gasteiger charge is -2.18. The average molecular weight is 279 g/mol. The number of hydrogen-bond acceptors (Lipinski definition) is 5. The summed E-state index contributed by atoms with van der Waals surface area (Å²) in [6.07, 6.45) is 4.28. The summed E-state index contributed by atoms with van der Waals surface area (Å²) >= 11 is 0. The Balaban J connectivity index is 1.52. The van der Waals surface area contributed by atoms with E-state index >= 15 is 0 Å². The molecule has 0 amide bonds. The van der Waals surface area contributed by atoms with Crippen molar-refractivity contribution >= 4 is 11.5 Å². The quantitative estimate of drug-likeness (QED) is 0.930. The van der Waals surface area contributed by atoms with E-state index in [9.17, 15) is 0 Å². The maximum atomic E-state index is 8.69. The van der Waals surface area contributed by atoms with E-state index in [4.69, 9.17) is 5.26 Å². The van der Waals surface area contributed by atoms with Crippen LogP contribution in [0.1, 0.15) is 12.1 Å². The summed E-state index contributed by atoms with van der Waals surface area (Å²) in [6, 6.07) is 12.5. The Hall–Kier alpha value is -2.61. The minimum Gasteiger partial charge on any atom is -0.371 e. The van der Waals surface area contributed by atoms with E-state index in [1.54, 1.807) is 6.20 Å². The molecule has 1 aliphatic rings. The first kappa shape index (κ1) is 13.4. The number of hydrogen-bond donors (Lipinski definition) is 1. The molecule has 1 aromatic carbocycles. The zero-order chi connectivity index (χ0) is 14.5. The molecule has 0 saturated carbocycles. The van der Waals surface area contributed by atoms with Crippen LogP contribution in [0.4, 0.5) is 11.5 Å². The van der Waals surface area contributed by atoms with Gasteiger partial charge in [-0.3, -0.25) is 0 Å². The number of rotatable bonds is 4. The van der Waals surface area contributed by atoms with Gasteiger partial charge in [-0.25, -0.2) is 9.97 Å². The second-order valence-electron chi connectivity index (χ2n) is 5.22. The van der Waals surface area contributed by atoms with Crippen molar-refractivity contribution in [3.8, 4) is 6.07 Å². The molecule has 1 unspecified atom stereocenters. The molecule has 1 saturated heterocycles. The standard InChI is InChI=1S/C16H17N5/c17-8-14-10-20-16(11-18-14)19-9-13-6-7-21(12-13)15-4-2-1-3-5-15/h1-5,10-11,13H,6-7,9,12H2,(H,19,20). The van der Waals surface area contributed by atoms with Crippen molar-refractivity contribution in [1.29, 1.82) is 5.26 Å². The Labute approximate surface area is 124 Å². The molecule has 106 valence electrons. The number of nitrogens with one attached hydrogen (secondary N) is 1. The molecule has 0 bridgehead atoms. The van der Waals surface area contributed by atoms with Crippen LogP contribution in [0.2, 0.25) is 0 Å². The summed E-state index contributed by atoms with van der Waals surface area (Å²) in [5, 5.41) is 12.0. The van der Waals surface area contributed by atoms with Crippen LogP contribution in [0.3, 0.4) is 0 Å². The molecule has 21 heavy (non-hydrogen) atoms. The first-order valence-electron chi connectivity index (χ1n) is 7.11. The normalized spacial score (nSPS) is 17.5. The van der Waals surface area contributed by atoms with Crippen molar-refractivity contribution in [2.75, 3.05) is 29.9 Å². The maximum Gasteiger partial charge on any atom is 0.158 e. The van der Waals surface area contributed by atoms with Crippen molar-refractivity contribution in [2.24, 2.45) is 5.92 Å². The number of para-hydroxylation sites is 1. The summed E-state index contributed by atoms with van der Waals surface area (Å²) in [6.45, 7) is 3.03. The van der Waals surface area contributed by atoms with Gasteiger partial charge >= 0.3 is 0 Å². The third kappa shape index (κ3) is 3.29. The summed E-state index contributed by atoms with van der Waals surface area (Å²) in [5.74, 6) is 1.33. The third-order valence-electron chi connectivity index (χ3n) is 3.75. The largest absolute Gasteiger partial charge is 0.371 e. The zero-order valence-corrected chi connectivity index (χ0v) is 11.7. The van der Waals surface area contributed by atoms with Gasteiger partial charge in [0.2, 0.25) is 0 Å². The molecule has 5 heteroatoms. The van der Waals surface area contributed by atoms with Gasteiger partial charge in [0, 0.05) is 25.3 Å². The Kier molecular flexibility index (Phi) is 3.97. The Morgan fingerprint density at radius 3 is 2.81 bits per heavy atom. The summed E-state index contributed by atoms with van der Waals surface area (Å²) in [5.41, 5.74) is 1.63. The van der Waals surface area contributed by atoms with Crippen LogP contribution in [0.15, 0.2) is 42.7 Å². The van der Waals surface area contributed by atoms with E-state index in [0.717, 1.165) is 25.5 Å². The minimum atomic E-state index is 0.344. The Morgan fingerprint density at radius 2 is 2.10 bits per heavy atom. The van der Waals surface area contributed by atoms with Gasteiger partial charge in [-0.2, -0.15) is 5.26 Å². The Bertz CT molecular complexity index is 617. The highest BCUT2D eigenvalue weighted by atomic mass is 15.2. The number of nitriles is 1. The van der Waals surface area contributed by atoms with Crippen molar-refractivity contribution in [1.82, 2.24) is 9.97 Å². The van der Waals surface area contributed by atoms with Crippen molar-refractivity contribution < 1.29 is 0 Å². The van der Waals surface area contributed by atoms with Gasteiger partial charge in [0.15, 0.2) is 5.69 Å². The van der Waals surface area contributed by atoms with Gasteiger partial charge in [-0.1, -0.05) is 18.2 Å². The molecule has 1 fully saturated rings. The molecular weight excluding hydrogens is 262 g/mol. The van der Waals surface area contributed by atoms with E-state index in [2.05, 4.69) is 44.5 Å². The Morgan fingerprint density at radius 1 is 1.24 bits per heavy atom. The van der Waals surface area contributed by atoms with Gasteiger partial charge in [-0.05, 0) is 24.5 Å². The van der Waals surface area contributed by atoms with E-state index in [0.29, 0.717) is 11.6 Å². The zero-order valence-electron chi connectivity index (χ0n) is 11.7. The molecule has 0 radical (unpaired) electrons. The molecular formula is C16H17N5. The average Bonchev–Trinajstić information content (AvgIpc) is 3.03. The third-order valence-corrected chi connectivity index (χ3v) is 3.75. The topological polar surface area (TPSA) is 64.8 Å². The van der Waals surface area contributed by atoms with Crippen LogP contribution in [0.25, 0.3) is 0 Å². The van der Waals surface area contributed by atoms with Crippen LogP contribution in [0, 0.1) is 17.2 Å². The highest BCUT2D eigenvalue weighted by Gasteiger charge is 2.22. The molecule has 2 aromatic rings. The fraction of sp³-hybridized carbons (Fsp3) is 0.312. The first-order chi connectivity index (χ1) is 10.3. The SMILES string of the molecule is N#Cc1cnc(NCC2CCN(c3ccccc3)C2)cn1. The molecule has 5 nitrogen and oxygen atoms in total. The molecule has 0 aliphatic carbocycles. The highest BCUT2D eigenvalue weighted by molar-refractivity contribution is 5.47. The molecule has 2 heterocycles. The summed E-state index contributed by atoms with van der Waals surface area (Å²) in [4.78, 5) is 10.6. The molecule has 1 N–H and O–H groups in total. The molecule has 3 rings (SSSR count). The van der Waals surface area contributed by atoms with Crippen LogP contribution < -0.4 is 10.2 Å². The minimum absolute atomic E-state index is 0.344. The number of nitrogens with zero attached hydrogens (tertiary/aromatic N) is 4. The fourth-order valence-corrected chi connectivity index (χ4v) is 2.60. The number of anilines is 2. The van der Waals surface area contributed by atoms with Crippen molar-refractivity contribution in [3.63, 3.8) is 0 Å². The van der Waals surface area contributed by atoms with E-state index in [1.807, 2.05) is 12.1 Å². The van der Waals surface area contributed by atoms with Gasteiger partial charge in [-0.15, -0.1) is 0 Å². The van der Waals surface area contributed by atoms with Gasteiger partial charge in [0.25, 0.3) is 0 Å². The molecule has 0 spiro atoms. The number of aromatic nitrogens is 2. The van der Waals surface area contributed by atoms with Crippen LogP contribution in [-0.4, -0.2) is 29.6 Å². The highest BCUT2D eigenvalue weighted by Crippen LogP contribution is 2.23. The van der Waals surface area contributed by atoms with Crippen LogP contribution in [-0.2, 0) is 0 Å². The lowest BCUT2D eigenvalue weighted by atomic mass is 10.1. The molecule has 1 atom stereocenters. The van der Waals surface area contributed by atoms with E-state index < -0.39 is 0 Å². The first-order valence-corrected chi connectivity index (χ1v) is 7.11. The predicted molar refractivity (Wildman–Crippen MR) is 82.0 cm³/mol. The monoisotopic (exact) mass is 279 g/mol. The lowest BCUT2D eigenvalue weighted by molar-refractivity contribution is 0.621. The van der Waals surface area contributed by atoms with Gasteiger partial charge < -0.3 is 10.2 Å². The second-order valence-corrected chi connectivity index (χ2v) is 5.22. The number of benzene rings is 1. The summed E-state index contributed by atoms with van der Waals surface area (Å²) in [7, 11) is 0. The fourth-order valence-electron chi connectivity index (χ4n) is 2.60. The van der Waals surface area contributed by atoms with Crippen molar-refractivity contribution in [2.45, 2.75) is 6.42 Å². The molecule has 1 aromatic heterocycles. The van der Waals surface area contributed by atoms with Crippen molar-refractivity contribution in [3.05, 3.63) is 48.4 Å². The maximum absolute atomic E-state index is 8.69. The smallest absolute Gasteiger partial charge is 0.158 e. The molecule has 1 aliphatic heterocycles. The van der Waals surface area contributed by atoms with Gasteiger partial charge in [0.05, 0.1) is 12.4 Å². The van der Waals surface area contributed by atoms with E-state index in [1.165, 1.54) is 18.3 Å². The second kappa shape index (κ2) is 6.23. The van der Waals surface area contributed by atoms with Crippen LogP contribution >= 0.6 is 0 Å². The van der Waals surface area contributed by atoms with Gasteiger partial charge in [0.1, 0.15) is 11.9 Å². The van der Waals surface area contributed by atoms with Crippen LogP contribution in [0.5, 0.6) is 0 Å². The lowest BCUT2D eigenvalue weighted by Crippen LogP contribution is -2.22. The summed E-state index contributed by atoms with van der Waals surface area (Å²) < 4.78 is 0.